The molecule has 142 valence electrons. The Morgan fingerprint density at radius 2 is 1.84 bits per heavy atom. The quantitative estimate of drug-likeness (QED) is 0.660. The van der Waals surface area contributed by atoms with Crippen molar-refractivity contribution < 1.29 is 21.6 Å². The number of aromatic nitrogens is 2. The molecule has 2 saturated heterocycles. The largest absolute Gasteiger partial charge is 0.381 e. The van der Waals surface area contributed by atoms with Gasteiger partial charge in [-0.05, 0) is 19.8 Å². The molecule has 0 aromatic carbocycles. The Morgan fingerprint density at radius 3 is 2.36 bits per heavy atom. The lowest BCUT2D eigenvalue weighted by Gasteiger charge is -2.46. The van der Waals surface area contributed by atoms with Gasteiger partial charge in [-0.3, -0.25) is 4.68 Å². The van der Waals surface area contributed by atoms with Gasteiger partial charge in [-0.2, -0.15) is 13.7 Å². The Hall–Kier alpha value is -1.01. The molecule has 1 aromatic heterocycles. The minimum Gasteiger partial charge on any atom is -0.381 e. The molecule has 0 amide bonds. The van der Waals surface area contributed by atoms with Crippen LogP contribution >= 0.6 is 0 Å². The average Bonchev–Trinajstić information content (AvgIpc) is 2.99. The van der Waals surface area contributed by atoms with E-state index in [4.69, 9.17) is 4.74 Å². The van der Waals surface area contributed by atoms with Crippen molar-refractivity contribution in [3.8, 4) is 0 Å². The molecule has 2 aliphatic heterocycles. The third-order valence-corrected chi connectivity index (χ3v) is 7.84. The van der Waals surface area contributed by atoms with E-state index in [1.54, 1.807) is 4.68 Å². The predicted molar refractivity (Wildman–Crippen MR) is 91.0 cm³/mol. The van der Waals surface area contributed by atoms with Crippen molar-refractivity contribution in [1.82, 2.24) is 18.4 Å². The zero-order chi connectivity index (χ0) is 18.2. The molecule has 3 rings (SSSR count). The van der Waals surface area contributed by atoms with E-state index in [-0.39, 0.29) is 30.1 Å². The molecular weight excluding hydrogens is 368 g/mol. The zero-order valence-electron chi connectivity index (χ0n) is 14.4. The minimum absolute atomic E-state index is 0.124. The normalized spacial score (nSPS) is 21.6. The molecule has 25 heavy (non-hydrogen) atoms. The summed E-state index contributed by atoms with van der Waals surface area (Å²) in [4.78, 5) is 0.143. The molecule has 1 aromatic rings. The molecule has 11 heteroatoms. The van der Waals surface area contributed by atoms with E-state index in [2.05, 4.69) is 5.10 Å². The molecule has 0 atom stereocenters. The Balaban J connectivity index is 1.72. The lowest BCUT2D eigenvalue weighted by molar-refractivity contribution is 0.0317. The van der Waals surface area contributed by atoms with Crippen LogP contribution in [0.15, 0.2) is 17.3 Å². The third kappa shape index (κ3) is 3.75. The van der Waals surface area contributed by atoms with E-state index in [9.17, 15) is 16.8 Å². The van der Waals surface area contributed by atoms with Gasteiger partial charge >= 0.3 is 0 Å². The topological polar surface area (TPSA) is 102 Å². The molecule has 0 saturated carbocycles. The maximum absolute atomic E-state index is 12.6. The van der Waals surface area contributed by atoms with Crippen LogP contribution in [0.1, 0.15) is 19.8 Å². The molecule has 0 radical (unpaired) electrons. The van der Waals surface area contributed by atoms with Crippen molar-refractivity contribution in [3.63, 3.8) is 0 Å². The highest BCUT2D eigenvalue weighted by atomic mass is 32.2. The Labute approximate surface area is 148 Å². The first-order valence-corrected chi connectivity index (χ1v) is 11.6. The molecule has 9 nitrogen and oxygen atoms in total. The molecule has 0 bridgehead atoms. The highest BCUT2D eigenvalue weighted by molar-refractivity contribution is 7.89. The fourth-order valence-electron chi connectivity index (χ4n) is 3.35. The monoisotopic (exact) mass is 392 g/mol. The van der Waals surface area contributed by atoms with E-state index < -0.39 is 20.0 Å². The summed E-state index contributed by atoms with van der Waals surface area (Å²) in [6.45, 7) is 3.86. The zero-order valence-corrected chi connectivity index (χ0v) is 16.0. The molecule has 2 fully saturated rings. The Kier molecular flexibility index (Phi) is 5.22. The van der Waals surface area contributed by atoms with Crippen LogP contribution in [-0.4, -0.2) is 79.9 Å². The molecule has 0 aliphatic carbocycles. The summed E-state index contributed by atoms with van der Waals surface area (Å²) in [6, 6.07) is -0.449. The van der Waals surface area contributed by atoms with Crippen molar-refractivity contribution in [2.24, 2.45) is 0 Å². The van der Waals surface area contributed by atoms with Crippen LogP contribution in [0, 0.1) is 0 Å². The number of aryl methyl sites for hydroxylation is 1. The summed E-state index contributed by atoms with van der Waals surface area (Å²) in [6.07, 6.45) is 5.29. The summed E-state index contributed by atoms with van der Waals surface area (Å²) in [7, 11) is -7.05. The summed E-state index contributed by atoms with van der Waals surface area (Å²) < 4.78 is 59.4. The second-order valence-electron chi connectivity index (χ2n) is 6.44. The molecule has 3 heterocycles. The standard InChI is InChI=1S/C14H24N4O5S2/c1-3-16-11-14(8-15-16)25(21,22)17-9-13(10-17)18(24(2,19)20)12-4-6-23-7-5-12/h8,11-13H,3-7,9-10H2,1-2H3. The number of sulfonamides is 2. The van der Waals surface area contributed by atoms with Gasteiger partial charge in [-0.25, -0.2) is 16.8 Å². The SMILES string of the molecule is CCn1cc(S(=O)(=O)N2CC(N(C3CCOCC3)S(C)(=O)=O)C2)cn1. The highest BCUT2D eigenvalue weighted by Gasteiger charge is 2.45. The van der Waals surface area contributed by atoms with Crippen LogP contribution in [0.25, 0.3) is 0 Å². The molecule has 0 spiro atoms. The minimum atomic E-state index is -3.63. The number of rotatable bonds is 6. The van der Waals surface area contributed by atoms with Crippen molar-refractivity contribution in [2.45, 2.75) is 43.3 Å². The van der Waals surface area contributed by atoms with Gasteiger partial charge in [0.25, 0.3) is 0 Å². The van der Waals surface area contributed by atoms with Gasteiger partial charge < -0.3 is 4.74 Å². The van der Waals surface area contributed by atoms with Crippen molar-refractivity contribution in [2.75, 3.05) is 32.6 Å². The Bertz CT molecular complexity index is 808. The van der Waals surface area contributed by atoms with Gasteiger partial charge in [0.1, 0.15) is 4.90 Å². The fraction of sp³-hybridized carbons (Fsp3) is 0.786. The van der Waals surface area contributed by atoms with Crippen molar-refractivity contribution in [3.05, 3.63) is 12.4 Å². The van der Waals surface area contributed by atoms with E-state index >= 15 is 0 Å². The first-order valence-electron chi connectivity index (χ1n) is 8.32. The highest BCUT2D eigenvalue weighted by Crippen LogP contribution is 2.29. The van der Waals surface area contributed by atoms with Crippen LogP contribution in [0.2, 0.25) is 0 Å². The van der Waals surface area contributed by atoms with E-state index in [0.29, 0.717) is 32.6 Å². The third-order valence-electron chi connectivity index (χ3n) is 4.69. The maximum atomic E-state index is 12.6. The van der Waals surface area contributed by atoms with Crippen LogP contribution in [0.5, 0.6) is 0 Å². The van der Waals surface area contributed by atoms with Gasteiger partial charge in [0.05, 0.1) is 18.5 Å². The predicted octanol–water partition coefficient (Wildman–Crippen LogP) is -0.283. The van der Waals surface area contributed by atoms with Crippen LogP contribution in [-0.2, 0) is 31.3 Å². The summed E-state index contributed by atoms with van der Waals surface area (Å²) >= 11 is 0. The van der Waals surface area contributed by atoms with E-state index in [0.717, 1.165) is 0 Å². The van der Waals surface area contributed by atoms with Crippen LogP contribution < -0.4 is 0 Å². The van der Waals surface area contributed by atoms with Gasteiger partial charge in [0.15, 0.2) is 0 Å². The first kappa shape index (κ1) is 18.8. The summed E-state index contributed by atoms with van der Waals surface area (Å²) in [5.74, 6) is 0. The van der Waals surface area contributed by atoms with Gasteiger partial charge in [-0.15, -0.1) is 0 Å². The first-order chi connectivity index (χ1) is 11.7. The number of nitrogens with zero attached hydrogens (tertiary/aromatic N) is 4. The number of hydrogen-bond acceptors (Lipinski definition) is 6. The Morgan fingerprint density at radius 1 is 1.20 bits per heavy atom. The second kappa shape index (κ2) is 6.95. The molecule has 0 N–H and O–H groups in total. The van der Waals surface area contributed by atoms with Crippen molar-refractivity contribution in [1.29, 1.82) is 0 Å². The van der Waals surface area contributed by atoms with Crippen molar-refractivity contribution >= 4 is 20.0 Å². The van der Waals surface area contributed by atoms with Gasteiger partial charge in [-0.1, -0.05) is 0 Å². The lowest BCUT2D eigenvalue weighted by atomic mass is 10.1. The smallest absolute Gasteiger partial charge is 0.246 e. The molecule has 0 unspecified atom stereocenters. The van der Waals surface area contributed by atoms with Gasteiger partial charge in [0.2, 0.25) is 20.0 Å². The van der Waals surface area contributed by atoms with Gasteiger partial charge in [0, 0.05) is 45.1 Å². The summed E-state index contributed by atoms with van der Waals surface area (Å²) in [5, 5.41) is 4.00. The second-order valence-corrected chi connectivity index (χ2v) is 10.3. The number of hydrogen-bond donors (Lipinski definition) is 0. The van der Waals surface area contributed by atoms with E-state index in [1.165, 1.54) is 27.3 Å². The maximum Gasteiger partial charge on any atom is 0.246 e. The molecule has 2 aliphatic rings. The summed E-state index contributed by atoms with van der Waals surface area (Å²) in [5.41, 5.74) is 0. The van der Waals surface area contributed by atoms with Crippen LogP contribution in [0.4, 0.5) is 0 Å². The molecular formula is C14H24N4O5S2. The lowest BCUT2D eigenvalue weighted by Crippen LogP contribution is -2.64. The fourth-order valence-corrected chi connectivity index (χ4v) is 6.25. The van der Waals surface area contributed by atoms with Crippen LogP contribution in [0.3, 0.4) is 0 Å². The average molecular weight is 393 g/mol. The number of ether oxygens (including phenoxy) is 1. The van der Waals surface area contributed by atoms with E-state index in [1.807, 2.05) is 6.92 Å².